The van der Waals surface area contributed by atoms with E-state index in [-0.39, 0.29) is 46.5 Å². The Labute approximate surface area is 178 Å². The van der Waals surface area contributed by atoms with E-state index in [0.29, 0.717) is 0 Å². The fraction of sp³-hybridized carbons (Fsp3) is 0.667. The van der Waals surface area contributed by atoms with Crippen LogP contribution in [-0.2, 0) is 6.42 Å². The van der Waals surface area contributed by atoms with E-state index >= 15 is 0 Å². The molecule has 0 atom stereocenters. The number of rotatable bonds is 12. The van der Waals surface area contributed by atoms with E-state index in [1.807, 2.05) is 0 Å². The monoisotopic (exact) mass is 390 g/mol. The molecule has 0 fully saturated rings. The van der Waals surface area contributed by atoms with E-state index in [1.165, 1.54) is 87.7 Å². The van der Waals surface area contributed by atoms with Crippen LogP contribution < -0.4 is 29.6 Å². The van der Waals surface area contributed by atoms with Gasteiger partial charge in [0.2, 0.25) is 0 Å². The van der Waals surface area contributed by atoms with Crippen molar-refractivity contribution in [3.05, 3.63) is 41.3 Å². The standard InChI is InChI=1S/C21H35.BrH.Na/c1-4-5-6-7-8-9-10-11-12-13-16-20-17-14-15-18-21(20)19(2)3;;/h14-15,17-18H,4-13,16H2,1-3H3;1H;/q-1;;+1. The molecule has 0 aliphatic carbocycles. The maximum atomic E-state index is 2.30. The van der Waals surface area contributed by atoms with Gasteiger partial charge in [0.05, 0.1) is 0 Å². The van der Waals surface area contributed by atoms with E-state index in [0.717, 1.165) is 0 Å². The second kappa shape index (κ2) is 17.4. The molecule has 128 valence electrons. The number of aryl methyl sites for hydroxylation is 1. The van der Waals surface area contributed by atoms with Gasteiger partial charge in [0.1, 0.15) is 0 Å². The third-order valence-corrected chi connectivity index (χ3v) is 4.36. The number of unbranched alkanes of at least 4 members (excludes halogenated alkanes) is 9. The summed E-state index contributed by atoms with van der Waals surface area (Å²) in [5.41, 5.74) is 3.01. The maximum absolute atomic E-state index is 2.30. The van der Waals surface area contributed by atoms with E-state index < -0.39 is 0 Å². The average Bonchev–Trinajstić information content (AvgIpc) is 2.49. The van der Waals surface area contributed by atoms with Gasteiger partial charge < -0.3 is 0 Å². The van der Waals surface area contributed by atoms with Crippen LogP contribution in [-0.4, -0.2) is 0 Å². The van der Waals surface area contributed by atoms with Crippen molar-refractivity contribution in [2.24, 2.45) is 0 Å². The summed E-state index contributed by atoms with van der Waals surface area (Å²) in [4.78, 5) is 0. The smallest absolute Gasteiger partial charge is 0.186 e. The minimum Gasteiger partial charge on any atom is -0.186 e. The molecule has 1 rings (SSSR count). The van der Waals surface area contributed by atoms with Gasteiger partial charge in [-0.25, -0.2) is 0 Å². The summed E-state index contributed by atoms with van der Waals surface area (Å²) in [7, 11) is 0. The fourth-order valence-electron chi connectivity index (χ4n) is 3.03. The summed E-state index contributed by atoms with van der Waals surface area (Å²) in [5.74, 6) is 1.44. The summed E-state index contributed by atoms with van der Waals surface area (Å²) < 4.78 is 0. The predicted octanol–water partition coefficient (Wildman–Crippen LogP) is 4.69. The fourth-order valence-corrected chi connectivity index (χ4v) is 3.03. The molecule has 0 aromatic heterocycles. The van der Waals surface area contributed by atoms with Gasteiger partial charge >= 0.3 is 29.6 Å². The van der Waals surface area contributed by atoms with E-state index in [1.54, 1.807) is 0 Å². The summed E-state index contributed by atoms with van der Waals surface area (Å²) in [6.07, 6.45) is 15.4. The van der Waals surface area contributed by atoms with Crippen molar-refractivity contribution < 1.29 is 29.6 Å². The van der Waals surface area contributed by atoms with Crippen LogP contribution in [0.25, 0.3) is 0 Å². The quantitative estimate of drug-likeness (QED) is 0.275. The second-order valence-corrected chi connectivity index (χ2v) is 6.59. The van der Waals surface area contributed by atoms with Gasteiger partial charge in [-0.15, -0.1) is 34.7 Å². The molecule has 1 aromatic rings. The molecule has 0 aliphatic heterocycles. The first-order chi connectivity index (χ1) is 10.3. The van der Waals surface area contributed by atoms with Crippen LogP contribution in [0.2, 0.25) is 0 Å². The number of hydrogen-bond donors (Lipinski definition) is 0. The van der Waals surface area contributed by atoms with Crippen molar-refractivity contribution >= 4 is 17.0 Å². The Morgan fingerprint density at radius 2 is 1.22 bits per heavy atom. The van der Waals surface area contributed by atoms with Crippen molar-refractivity contribution in [1.29, 1.82) is 0 Å². The van der Waals surface area contributed by atoms with Gasteiger partial charge in [-0.3, -0.25) is 0 Å². The third kappa shape index (κ3) is 12.6. The molecule has 0 saturated carbocycles. The van der Waals surface area contributed by atoms with Crippen LogP contribution in [0.5, 0.6) is 0 Å². The van der Waals surface area contributed by atoms with Crippen LogP contribution in [0.15, 0.2) is 24.3 Å². The van der Waals surface area contributed by atoms with E-state index in [4.69, 9.17) is 0 Å². The van der Waals surface area contributed by atoms with E-state index in [2.05, 4.69) is 45.0 Å². The van der Waals surface area contributed by atoms with Crippen LogP contribution in [0.3, 0.4) is 0 Å². The minimum absolute atomic E-state index is 0. The average molecular weight is 391 g/mol. The van der Waals surface area contributed by atoms with Gasteiger partial charge in [0.25, 0.3) is 0 Å². The van der Waals surface area contributed by atoms with Gasteiger partial charge in [0, 0.05) is 0 Å². The Morgan fingerprint density at radius 3 is 1.74 bits per heavy atom. The molecule has 0 nitrogen and oxygen atoms in total. The van der Waals surface area contributed by atoms with Gasteiger partial charge in [-0.05, 0) is 0 Å². The SMILES string of the molecule is Br.CCCCCCCCCCCCc1ccccc1[C-](C)C.[Na+]. The van der Waals surface area contributed by atoms with Crippen molar-refractivity contribution in [1.82, 2.24) is 0 Å². The molecule has 23 heavy (non-hydrogen) atoms. The molecule has 0 N–H and O–H groups in total. The van der Waals surface area contributed by atoms with Crippen molar-refractivity contribution in [3.63, 3.8) is 0 Å². The van der Waals surface area contributed by atoms with E-state index in [9.17, 15) is 0 Å². The summed E-state index contributed by atoms with van der Waals surface area (Å²) >= 11 is 0. The molecule has 0 spiro atoms. The Bertz CT molecular complexity index is 363. The van der Waals surface area contributed by atoms with Crippen molar-refractivity contribution in [2.75, 3.05) is 0 Å². The first-order valence-corrected chi connectivity index (χ1v) is 9.14. The molecule has 0 saturated heterocycles. The Morgan fingerprint density at radius 1 is 0.739 bits per heavy atom. The number of benzene rings is 1. The van der Waals surface area contributed by atoms with Gasteiger partial charge in [0.15, 0.2) is 0 Å². The molecular weight excluding hydrogens is 355 g/mol. The topological polar surface area (TPSA) is 0 Å². The molecule has 0 heterocycles. The largest absolute Gasteiger partial charge is 1.00 e. The number of hydrogen-bond acceptors (Lipinski definition) is 0. The molecule has 0 aliphatic rings. The van der Waals surface area contributed by atoms with Crippen molar-refractivity contribution in [2.45, 2.75) is 91.4 Å². The number of halogens is 1. The predicted molar refractivity (Wildman–Crippen MR) is 106 cm³/mol. The first kappa shape index (κ1) is 25.8. The molecule has 0 amide bonds. The Balaban J connectivity index is 0. The third-order valence-electron chi connectivity index (χ3n) is 4.36. The van der Waals surface area contributed by atoms with Crippen LogP contribution >= 0.6 is 17.0 Å². The Hall–Kier alpha value is 0.570. The minimum atomic E-state index is 0. The normalized spacial score (nSPS) is 9.87. The molecule has 0 radical (unpaired) electrons. The summed E-state index contributed by atoms with van der Waals surface area (Å²) in [6.45, 7) is 6.73. The van der Waals surface area contributed by atoms with Crippen LogP contribution in [0.1, 0.15) is 96.1 Å². The van der Waals surface area contributed by atoms with Gasteiger partial charge in [-0.2, -0.15) is 17.5 Å². The molecule has 1 aromatic carbocycles. The Kier molecular flexibility index (Phi) is 19.5. The maximum Gasteiger partial charge on any atom is 1.00 e. The zero-order valence-corrected chi connectivity index (χ0v) is 19.7. The molecule has 2 heteroatoms. The summed E-state index contributed by atoms with van der Waals surface area (Å²) in [5, 5.41) is 0. The zero-order chi connectivity index (χ0) is 15.3. The molecular formula is C21H36BrNa. The van der Waals surface area contributed by atoms with Gasteiger partial charge in [-0.1, -0.05) is 97.5 Å². The second-order valence-electron chi connectivity index (χ2n) is 6.59. The van der Waals surface area contributed by atoms with Crippen LogP contribution in [0, 0.1) is 5.92 Å². The molecule has 0 unspecified atom stereocenters. The van der Waals surface area contributed by atoms with Crippen molar-refractivity contribution in [3.8, 4) is 0 Å². The zero-order valence-electron chi connectivity index (χ0n) is 16.0. The molecule has 0 bridgehead atoms. The first-order valence-electron chi connectivity index (χ1n) is 9.14. The van der Waals surface area contributed by atoms with Crippen LogP contribution in [0.4, 0.5) is 0 Å². The summed E-state index contributed by atoms with van der Waals surface area (Å²) in [6, 6.07) is 8.90.